The Labute approximate surface area is 143 Å². The molecule has 124 valence electrons. The molecular formula is C18H26N4S. The average Bonchev–Trinajstić information content (AvgIpc) is 2.88. The third kappa shape index (κ3) is 5.06. The van der Waals surface area contributed by atoms with Gasteiger partial charge < -0.3 is 10.6 Å². The van der Waals surface area contributed by atoms with Gasteiger partial charge in [-0.2, -0.15) is 0 Å². The molecular weight excluding hydrogens is 304 g/mol. The molecule has 0 aliphatic carbocycles. The fraction of sp³-hybridized carbons (Fsp3) is 0.444. The lowest BCUT2D eigenvalue weighted by atomic mass is 10.1. The van der Waals surface area contributed by atoms with Gasteiger partial charge in [-0.25, -0.2) is 9.98 Å². The van der Waals surface area contributed by atoms with Crippen LogP contribution in [0.2, 0.25) is 0 Å². The first-order valence-electron chi connectivity index (χ1n) is 8.15. The Kier molecular flexibility index (Phi) is 6.59. The van der Waals surface area contributed by atoms with Crippen molar-refractivity contribution in [3.8, 4) is 0 Å². The van der Waals surface area contributed by atoms with E-state index in [2.05, 4.69) is 67.6 Å². The van der Waals surface area contributed by atoms with Crippen LogP contribution in [-0.2, 0) is 19.5 Å². The summed E-state index contributed by atoms with van der Waals surface area (Å²) in [7, 11) is 0. The number of aliphatic imine (C=N–C) groups is 1. The molecule has 0 saturated heterocycles. The molecule has 23 heavy (non-hydrogen) atoms. The summed E-state index contributed by atoms with van der Waals surface area (Å²) in [5.74, 6) is 0.837. The Morgan fingerprint density at radius 2 is 1.87 bits per heavy atom. The molecule has 0 aliphatic heterocycles. The summed E-state index contributed by atoms with van der Waals surface area (Å²) >= 11 is 1.74. The first-order valence-corrected chi connectivity index (χ1v) is 8.97. The zero-order valence-electron chi connectivity index (χ0n) is 14.4. The molecule has 0 radical (unpaired) electrons. The number of nitrogens with zero attached hydrogens (tertiary/aromatic N) is 2. The summed E-state index contributed by atoms with van der Waals surface area (Å²) in [5.41, 5.74) is 3.76. The summed E-state index contributed by atoms with van der Waals surface area (Å²) in [6.45, 7) is 10.7. The molecule has 0 bridgehead atoms. The fourth-order valence-corrected chi connectivity index (χ4v) is 3.21. The van der Waals surface area contributed by atoms with E-state index >= 15 is 0 Å². The third-order valence-corrected chi connectivity index (χ3v) is 4.80. The van der Waals surface area contributed by atoms with Gasteiger partial charge in [0.15, 0.2) is 5.96 Å². The van der Waals surface area contributed by atoms with Crippen molar-refractivity contribution >= 4 is 17.3 Å². The predicted molar refractivity (Wildman–Crippen MR) is 99.1 cm³/mol. The van der Waals surface area contributed by atoms with Gasteiger partial charge in [0.1, 0.15) is 5.01 Å². The topological polar surface area (TPSA) is 49.3 Å². The van der Waals surface area contributed by atoms with E-state index in [1.807, 2.05) is 0 Å². The van der Waals surface area contributed by atoms with Crippen LogP contribution in [-0.4, -0.2) is 17.5 Å². The van der Waals surface area contributed by atoms with Crippen LogP contribution in [0.4, 0.5) is 0 Å². The van der Waals surface area contributed by atoms with E-state index in [0.717, 1.165) is 29.6 Å². The first-order chi connectivity index (χ1) is 11.1. The van der Waals surface area contributed by atoms with Gasteiger partial charge in [0.2, 0.25) is 0 Å². The second-order valence-electron chi connectivity index (χ2n) is 5.42. The van der Waals surface area contributed by atoms with E-state index in [1.165, 1.54) is 16.0 Å². The quantitative estimate of drug-likeness (QED) is 0.629. The Balaban J connectivity index is 2.02. The molecule has 0 saturated carbocycles. The minimum atomic E-state index is 0.690. The molecule has 0 amide bonds. The summed E-state index contributed by atoms with van der Waals surface area (Å²) in [6, 6.07) is 8.49. The largest absolute Gasteiger partial charge is 0.357 e. The third-order valence-electron chi connectivity index (χ3n) is 3.73. The second-order valence-corrected chi connectivity index (χ2v) is 6.71. The maximum absolute atomic E-state index is 4.71. The van der Waals surface area contributed by atoms with Gasteiger partial charge in [-0.15, -0.1) is 11.3 Å². The number of rotatable bonds is 6. The Morgan fingerprint density at radius 3 is 2.48 bits per heavy atom. The monoisotopic (exact) mass is 330 g/mol. The van der Waals surface area contributed by atoms with E-state index < -0.39 is 0 Å². The van der Waals surface area contributed by atoms with Crippen LogP contribution in [0.25, 0.3) is 0 Å². The number of benzene rings is 1. The highest BCUT2D eigenvalue weighted by Gasteiger charge is 2.05. The summed E-state index contributed by atoms with van der Waals surface area (Å²) in [5, 5.41) is 7.77. The van der Waals surface area contributed by atoms with Crippen LogP contribution >= 0.6 is 11.3 Å². The maximum atomic E-state index is 4.71. The van der Waals surface area contributed by atoms with Gasteiger partial charge in [-0.05, 0) is 38.3 Å². The van der Waals surface area contributed by atoms with Gasteiger partial charge in [0.25, 0.3) is 0 Å². The minimum absolute atomic E-state index is 0.690. The van der Waals surface area contributed by atoms with Crippen molar-refractivity contribution in [3.05, 3.63) is 51.0 Å². The van der Waals surface area contributed by atoms with Crippen molar-refractivity contribution in [3.63, 3.8) is 0 Å². The first kappa shape index (κ1) is 17.5. The molecule has 5 heteroatoms. The number of guanidine groups is 1. The molecule has 2 rings (SSSR count). The molecule has 0 unspecified atom stereocenters. The van der Waals surface area contributed by atoms with E-state index in [1.54, 1.807) is 11.3 Å². The number of aryl methyl sites for hydroxylation is 3. The standard InChI is InChI=1S/C18H26N4S/c1-5-15-9-7-8-10-16(15)11-20-18(19-6-2)21-12-17-22-13(3)14(4)23-17/h7-10H,5-6,11-12H2,1-4H3,(H2,19,20,21). The predicted octanol–water partition coefficient (Wildman–Crippen LogP) is 3.58. The van der Waals surface area contributed by atoms with Crippen molar-refractivity contribution in [1.82, 2.24) is 15.6 Å². The van der Waals surface area contributed by atoms with Gasteiger partial charge in [0.05, 0.1) is 18.8 Å². The number of hydrogen-bond acceptors (Lipinski definition) is 3. The second kappa shape index (κ2) is 8.67. The van der Waals surface area contributed by atoms with Crippen LogP contribution in [0.3, 0.4) is 0 Å². The van der Waals surface area contributed by atoms with Crippen molar-refractivity contribution < 1.29 is 0 Å². The normalized spacial score (nSPS) is 11.6. The molecule has 4 nitrogen and oxygen atoms in total. The smallest absolute Gasteiger partial charge is 0.191 e. The van der Waals surface area contributed by atoms with Gasteiger partial charge >= 0.3 is 0 Å². The summed E-state index contributed by atoms with van der Waals surface area (Å²) in [4.78, 5) is 10.5. The van der Waals surface area contributed by atoms with E-state index in [9.17, 15) is 0 Å². The number of aromatic nitrogens is 1. The van der Waals surface area contributed by atoms with Crippen LogP contribution in [0.1, 0.15) is 40.6 Å². The van der Waals surface area contributed by atoms with Crippen LogP contribution in [0, 0.1) is 13.8 Å². The summed E-state index contributed by atoms with van der Waals surface area (Å²) in [6.07, 6.45) is 1.04. The zero-order chi connectivity index (χ0) is 16.7. The highest BCUT2D eigenvalue weighted by molar-refractivity contribution is 7.11. The molecule has 0 aliphatic rings. The Hall–Kier alpha value is -1.88. The van der Waals surface area contributed by atoms with E-state index in [0.29, 0.717) is 13.1 Å². The SMILES string of the molecule is CCNC(=NCc1ccccc1CC)NCc1nc(C)c(C)s1. The van der Waals surface area contributed by atoms with Gasteiger partial charge in [-0.3, -0.25) is 0 Å². The molecule has 2 N–H and O–H groups in total. The van der Waals surface area contributed by atoms with Crippen LogP contribution in [0.5, 0.6) is 0 Å². The van der Waals surface area contributed by atoms with Gasteiger partial charge in [-0.1, -0.05) is 31.2 Å². The molecule has 0 spiro atoms. The highest BCUT2D eigenvalue weighted by atomic mass is 32.1. The van der Waals surface area contributed by atoms with Crippen molar-refractivity contribution in [2.45, 2.75) is 47.2 Å². The lowest BCUT2D eigenvalue weighted by Crippen LogP contribution is -2.36. The number of hydrogen-bond donors (Lipinski definition) is 2. The summed E-state index contributed by atoms with van der Waals surface area (Å²) < 4.78 is 0. The maximum Gasteiger partial charge on any atom is 0.191 e. The lowest BCUT2D eigenvalue weighted by molar-refractivity contribution is 0.808. The van der Waals surface area contributed by atoms with Crippen LogP contribution in [0.15, 0.2) is 29.3 Å². The van der Waals surface area contributed by atoms with Crippen molar-refractivity contribution in [2.75, 3.05) is 6.54 Å². The lowest BCUT2D eigenvalue weighted by Gasteiger charge is -2.11. The minimum Gasteiger partial charge on any atom is -0.357 e. The molecule has 1 heterocycles. The van der Waals surface area contributed by atoms with Gasteiger partial charge in [0, 0.05) is 11.4 Å². The Morgan fingerprint density at radius 1 is 1.13 bits per heavy atom. The molecule has 1 aromatic heterocycles. The molecule has 2 aromatic rings. The van der Waals surface area contributed by atoms with Crippen molar-refractivity contribution in [2.24, 2.45) is 4.99 Å². The Bertz CT molecular complexity index is 641. The highest BCUT2D eigenvalue weighted by Crippen LogP contribution is 2.16. The average molecular weight is 331 g/mol. The number of thiazole rings is 1. The zero-order valence-corrected chi connectivity index (χ0v) is 15.3. The van der Waals surface area contributed by atoms with Crippen molar-refractivity contribution in [1.29, 1.82) is 0 Å². The number of nitrogens with one attached hydrogen (secondary N) is 2. The van der Waals surface area contributed by atoms with E-state index in [-0.39, 0.29) is 0 Å². The fourth-order valence-electron chi connectivity index (χ4n) is 2.34. The molecule has 0 fully saturated rings. The van der Waals surface area contributed by atoms with Crippen LogP contribution < -0.4 is 10.6 Å². The molecule has 1 aromatic carbocycles. The molecule has 0 atom stereocenters. The van der Waals surface area contributed by atoms with E-state index in [4.69, 9.17) is 4.99 Å².